The van der Waals surface area contributed by atoms with Crippen LogP contribution in [0.5, 0.6) is 0 Å². The number of hydrogen-bond acceptors (Lipinski definition) is 7. The standard InChI is InChI=1S/C17H14N4O3S/c1-9-12(16(22)23-2)7-10(24-9)8-25-17-19-15-14(20-21-17)11-5-3-4-6-13(11)18-15/h3-7H,8H2,1-2H3,(H,18,19,21). The number of H-pyrrole nitrogens is 1. The van der Waals surface area contributed by atoms with Crippen molar-refractivity contribution in [2.45, 2.75) is 17.8 Å². The van der Waals surface area contributed by atoms with Crippen molar-refractivity contribution in [3.8, 4) is 0 Å². The van der Waals surface area contributed by atoms with E-state index in [1.165, 1.54) is 18.9 Å². The van der Waals surface area contributed by atoms with Gasteiger partial charge in [-0.1, -0.05) is 30.0 Å². The molecule has 0 atom stereocenters. The van der Waals surface area contributed by atoms with Crippen molar-refractivity contribution in [1.29, 1.82) is 0 Å². The number of aromatic nitrogens is 4. The van der Waals surface area contributed by atoms with Crippen LogP contribution in [0.4, 0.5) is 0 Å². The number of fused-ring (bicyclic) bond motifs is 3. The minimum Gasteiger partial charge on any atom is -0.465 e. The molecule has 25 heavy (non-hydrogen) atoms. The Balaban J connectivity index is 1.57. The fourth-order valence-corrected chi connectivity index (χ4v) is 3.30. The number of aromatic amines is 1. The highest BCUT2D eigenvalue weighted by molar-refractivity contribution is 7.98. The first-order valence-electron chi connectivity index (χ1n) is 7.57. The Bertz CT molecular complexity index is 1090. The molecule has 0 amide bonds. The molecule has 0 aliphatic rings. The number of benzene rings is 1. The van der Waals surface area contributed by atoms with E-state index in [9.17, 15) is 4.79 Å². The lowest BCUT2D eigenvalue weighted by atomic mass is 10.2. The molecule has 3 heterocycles. The number of nitrogens with one attached hydrogen (secondary N) is 1. The second-order valence-electron chi connectivity index (χ2n) is 5.43. The zero-order valence-electron chi connectivity index (χ0n) is 13.6. The minimum absolute atomic E-state index is 0.407. The summed E-state index contributed by atoms with van der Waals surface area (Å²) in [5, 5.41) is 9.98. The Morgan fingerprint density at radius 2 is 2.16 bits per heavy atom. The zero-order chi connectivity index (χ0) is 17.4. The van der Waals surface area contributed by atoms with Crippen LogP contribution < -0.4 is 0 Å². The van der Waals surface area contributed by atoms with Crippen molar-refractivity contribution in [3.63, 3.8) is 0 Å². The van der Waals surface area contributed by atoms with Gasteiger partial charge in [0.2, 0.25) is 5.16 Å². The van der Waals surface area contributed by atoms with E-state index in [0.717, 1.165) is 16.4 Å². The number of rotatable bonds is 4. The third kappa shape index (κ3) is 2.85. The summed E-state index contributed by atoms with van der Waals surface area (Å²) >= 11 is 1.39. The van der Waals surface area contributed by atoms with Gasteiger partial charge in [-0.2, -0.15) is 0 Å². The first-order chi connectivity index (χ1) is 12.2. The maximum Gasteiger partial charge on any atom is 0.341 e. The highest BCUT2D eigenvalue weighted by atomic mass is 32.2. The first-order valence-corrected chi connectivity index (χ1v) is 8.56. The molecule has 7 nitrogen and oxygen atoms in total. The van der Waals surface area contributed by atoms with Crippen LogP contribution in [0.25, 0.3) is 22.1 Å². The predicted octanol–water partition coefficient (Wildman–Crippen LogP) is 3.49. The van der Waals surface area contributed by atoms with Crippen molar-refractivity contribution in [2.75, 3.05) is 7.11 Å². The minimum atomic E-state index is -0.407. The van der Waals surface area contributed by atoms with E-state index in [2.05, 4.69) is 20.2 Å². The van der Waals surface area contributed by atoms with E-state index >= 15 is 0 Å². The fraction of sp³-hybridized carbons (Fsp3) is 0.176. The molecule has 0 aliphatic carbocycles. The quantitative estimate of drug-likeness (QED) is 0.443. The van der Waals surface area contributed by atoms with E-state index < -0.39 is 5.97 Å². The van der Waals surface area contributed by atoms with E-state index in [4.69, 9.17) is 9.15 Å². The number of thioether (sulfide) groups is 1. The normalized spacial score (nSPS) is 11.3. The molecule has 0 unspecified atom stereocenters. The molecule has 0 saturated carbocycles. The summed E-state index contributed by atoms with van der Waals surface area (Å²) in [6, 6.07) is 9.56. The van der Waals surface area contributed by atoms with Crippen LogP contribution in [0.2, 0.25) is 0 Å². The second-order valence-corrected chi connectivity index (χ2v) is 6.37. The van der Waals surface area contributed by atoms with E-state index in [-0.39, 0.29) is 0 Å². The predicted molar refractivity (Wildman–Crippen MR) is 93.5 cm³/mol. The lowest BCUT2D eigenvalue weighted by molar-refractivity contribution is 0.0599. The van der Waals surface area contributed by atoms with Gasteiger partial charge in [-0.15, -0.1) is 10.2 Å². The Morgan fingerprint density at radius 3 is 3.00 bits per heavy atom. The number of methoxy groups -OCH3 is 1. The van der Waals surface area contributed by atoms with Crippen LogP contribution >= 0.6 is 11.8 Å². The van der Waals surface area contributed by atoms with Gasteiger partial charge in [0.25, 0.3) is 0 Å². The number of esters is 1. The van der Waals surface area contributed by atoms with Crippen LogP contribution in [-0.2, 0) is 10.5 Å². The lowest BCUT2D eigenvalue weighted by Gasteiger charge is -1.97. The van der Waals surface area contributed by atoms with E-state index in [0.29, 0.717) is 33.6 Å². The third-order valence-corrected chi connectivity index (χ3v) is 4.68. The number of aryl methyl sites for hydroxylation is 1. The average Bonchev–Trinajstić information content (AvgIpc) is 3.19. The molecule has 1 N–H and O–H groups in total. The van der Waals surface area contributed by atoms with Crippen molar-refractivity contribution >= 4 is 39.8 Å². The Kier molecular flexibility index (Phi) is 3.89. The summed E-state index contributed by atoms with van der Waals surface area (Å²) in [7, 11) is 1.35. The molecule has 8 heteroatoms. The number of carbonyl (C=O) groups excluding carboxylic acids is 1. The Morgan fingerprint density at radius 1 is 1.32 bits per heavy atom. The highest BCUT2D eigenvalue weighted by Gasteiger charge is 2.16. The Hall–Kier alpha value is -2.87. The summed E-state index contributed by atoms with van der Waals surface area (Å²) in [4.78, 5) is 19.4. The van der Waals surface area contributed by atoms with E-state index in [1.807, 2.05) is 24.3 Å². The number of hydrogen-bond donors (Lipinski definition) is 1. The summed E-state index contributed by atoms with van der Waals surface area (Å²) in [5.41, 5.74) is 2.86. The smallest absolute Gasteiger partial charge is 0.341 e. The van der Waals surface area contributed by atoms with Gasteiger partial charge in [-0.25, -0.2) is 9.78 Å². The van der Waals surface area contributed by atoms with Crippen molar-refractivity contribution < 1.29 is 13.9 Å². The van der Waals surface area contributed by atoms with E-state index in [1.54, 1.807) is 13.0 Å². The van der Waals surface area contributed by atoms with Crippen LogP contribution in [0, 0.1) is 6.92 Å². The molecule has 4 aromatic rings. The van der Waals surface area contributed by atoms with Gasteiger partial charge in [0.1, 0.15) is 22.6 Å². The zero-order valence-corrected chi connectivity index (χ0v) is 14.4. The molecule has 3 aromatic heterocycles. The number of ether oxygens (including phenoxy) is 1. The van der Waals surface area contributed by atoms with Crippen molar-refractivity contribution in [2.24, 2.45) is 0 Å². The molecular weight excluding hydrogens is 340 g/mol. The summed E-state index contributed by atoms with van der Waals surface area (Å²) in [6.07, 6.45) is 0. The number of nitrogens with zero attached hydrogens (tertiary/aromatic N) is 3. The third-order valence-electron chi connectivity index (χ3n) is 3.82. The second kappa shape index (κ2) is 6.21. The van der Waals surface area contributed by atoms with Crippen LogP contribution in [0.1, 0.15) is 21.9 Å². The van der Waals surface area contributed by atoms with Crippen LogP contribution in [-0.4, -0.2) is 33.2 Å². The van der Waals surface area contributed by atoms with Gasteiger partial charge in [0.15, 0.2) is 5.65 Å². The maximum absolute atomic E-state index is 11.6. The van der Waals surface area contributed by atoms with Gasteiger partial charge in [-0.05, 0) is 19.1 Å². The van der Waals surface area contributed by atoms with Crippen LogP contribution in [0.3, 0.4) is 0 Å². The molecule has 0 saturated heterocycles. The topological polar surface area (TPSA) is 93.9 Å². The average molecular weight is 354 g/mol. The van der Waals surface area contributed by atoms with Crippen molar-refractivity contribution in [3.05, 3.63) is 47.4 Å². The van der Waals surface area contributed by atoms with Gasteiger partial charge in [0.05, 0.1) is 12.9 Å². The first kappa shape index (κ1) is 15.6. The largest absolute Gasteiger partial charge is 0.465 e. The van der Waals surface area contributed by atoms with Gasteiger partial charge < -0.3 is 14.1 Å². The number of para-hydroxylation sites is 1. The SMILES string of the molecule is COC(=O)c1cc(CSc2nnc3c(n2)[nH]c2ccccc23)oc1C. The summed E-state index contributed by atoms with van der Waals surface area (Å²) in [6.45, 7) is 1.73. The summed E-state index contributed by atoms with van der Waals surface area (Å²) < 4.78 is 10.3. The number of furan rings is 1. The van der Waals surface area contributed by atoms with Crippen molar-refractivity contribution in [1.82, 2.24) is 20.2 Å². The summed E-state index contributed by atoms with van der Waals surface area (Å²) in [5.74, 6) is 1.27. The maximum atomic E-state index is 11.6. The number of carbonyl (C=O) groups is 1. The lowest BCUT2D eigenvalue weighted by Crippen LogP contribution is -2.00. The fourth-order valence-electron chi connectivity index (χ4n) is 2.63. The highest BCUT2D eigenvalue weighted by Crippen LogP contribution is 2.26. The molecule has 1 aromatic carbocycles. The molecule has 126 valence electrons. The molecular formula is C17H14N4O3S. The molecule has 0 radical (unpaired) electrons. The van der Waals surface area contributed by atoms with Gasteiger partial charge >= 0.3 is 5.97 Å². The van der Waals surface area contributed by atoms with Gasteiger partial charge in [-0.3, -0.25) is 0 Å². The van der Waals surface area contributed by atoms with Crippen LogP contribution in [0.15, 0.2) is 39.9 Å². The Labute approximate surface area is 146 Å². The molecule has 0 bridgehead atoms. The molecule has 0 spiro atoms. The molecule has 0 fully saturated rings. The molecule has 0 aliphatic heterocycles. The molecule has 4 rings (SSSR count). The monoisotopic (exact) mass is 354 g/mol. The van der Waals surface area contributed by atoms with Gasteiger partial charge in [0, 0.05) is 10.9 Å².